The van der Waals surface area contributed by atoms with Crippen LogP contribution in [0.3, 0.4) is 0 Å². The summed E-state index contributed by atoms with van der Waals surface area (Å²) in [6.45, 7) is 3.05. The van der Waals surface area contributed by atoms with Crippen LogP contribution in [0.2, 0.25) is 0 Å². The van der Waals surface area contributed by atoms with E-state index in [1.54, 1.807) is 7.11 Å². The van der Waals surface area contributed by atoms with E-state index in [0.29, 0.717) is 6.61 Å². The summed E-state index contributed by atoms with van der Waals surface area (Å²) < 4.78 is 10.5. The molecule has 0 spiro atoms. The normalized spacial score (nSPS) is 36.7. The molecule has 1 saturated heterocycles. The van der Waals surface area contributed by atoms with Gasteiger partial charge < -0.3 is 14.6 Å². The molecule has 1 heterocycles. The van der Waals surface area contributed by atoms with Crippen molar-refractivity contribution in [1.82, 2.24) is 0 Å². The van der Waals surface area contributed by atoms with Gasteiger partial charge in [0.25, 0.3) is 0 Å². The van der Waals surface area contributed by atoms with E-state index < -0.39 is 5.60 Å². The Hall–Kier alpha value is -0.120. The van der Waals surface area contributed by atoms with Crippen molar-refractivity contribution in [3.05, 3.63) is 0 Å². The van der Waals surface area contributed by atoms with Crippen molar-refractivity contribution < 1.29 is 14.6 Å². The van der Waals surface area contributed by atoms with Gasteiger partial charge in [0, 0.05) is 13.7 Å². The zero-order valence-electron chi connectivity index (χ0n) is 8.58. The van der Waals surface area contributed by atoms with Crippen LogP contribution in [0.25, 0.3) is 0 Å². The van der Waals surface area contributed by atoms with Crippen LogP contribution in [0, 0.1) is 0 Å². The molecule has 1 rings (SSSR count). The van der Waals surface area contributed by atoms with Crippen LogP contribution >= 0.6 is 0 Å². The van der Waals surface area contributed by atoms with Crippen molar-refractivity contribution in [3.8, 4) is 0 Å². The summed E-state index contributed by atoms with van der Waals surface area (Å²) in [5.41, 5.74) is -0.783. The number of methoxy groups -OCH3 is 1. The fourth-order valence-electron chi connectivity index (χ4n) is 1.77. The predicted octanol–water partition coefficient (Wildman–Crippen LogP) is 1.34. The van der Waals surface area contributed by atoms with Crippen LogP contribution in [-0.2, 0) is 9.47 Å². The topological polar surface area (TPSA) is 38.7 Å². The first-order chi connectivity index (χ1) is 6.19. The third-order valence-electron chi connectivity index (χ3n) is 2.77. The number of hydrogen-bond acceptors (Lipinski definition) is 3. The average Bonchev–Trinajstić information content (AvgIpc) is 2.09. The van der Waals surface area contributed by atoms with Crippen LogP contribution in [0.5, 0.6) is 0 Å². The van der Waals surface area contributed by atoms with E-state index in [1.807, 2.05) is 6.92 Å². The molecule has 0 aromatic carbocycles. The van der Waals surface area contributed by atoms with Gasteiger partial charge >= 0.3 is 0 Å². The largest absolute Gasteiger partial charge is 0.385 e. The van der Waals surface area contributed by atoms with E-state index in [1.165, 1.54) is 0 Å². The molecule has 13 heavy (non-hydrogen) atoms. The summed E-state index contributed by atoms with van der Waals surface area (Å²) in [5.74, 6) is 0. The van der Waals surface area contributed by atoms with Crippen molar-refractivity contribution >= 4 is 0 Å². The Morgan fingerprint density at radius 1 is 1.46 bits per heavy atom. The highest BCUT2D eigenvalue weighted by atomic mass is 16.5. The maximum atomic E-state index is 10.2. The number of rotatable bonds is 2. The predicted molar refractivity (Wildman–Crippen MR) is 50.7 cm³/mol. The summed E-state index contributed by atoms with van der Waals surface area (Å²) in [7, 11) is 1.61. The summed E-state index contributed by atoms with van der Waals surface area (Å²) in [6, 6.07) is 0. The van der Waals surface area contributed by atoms with Crippen molar-refractivity contribution in [3.63, 3.8) is 0 Å². The van der Waals surface area contributed by atoms with E-state index in [9.17, 15) is 5.11 Å². The molecule has 3 heteroatoms. The first-order valence-corrected chi connectivity index (χ1v) is 5.02. The molecule has 0 unspecified atom stereocenters. The Balaban J connectivity index is 2.54. The molecule has 78 valence electrons. The highest BCUT2D eigenvalue weighted by Gasteiger charge is 2.34. The zero-order valence-corrected chi connectivity index (χ0v) is 8.58. The highest BCUT2D eigenvalue weighted by Crippen LogP contribution is 2.24. The van der Waals surface area contributed by atoms with Gasteiger partial charge in [-0.1, -0.05) is 12.8 Å². The standard InChI is InChI=1S/C10H20O3/c1-9-10(11,8-12-2)6-4-3-5-7-13-9/h9,11H,3-8H2,1-2H3/t9-,10+/m0/s1. The summed E-state index contributed by atoms with van der Waals surface area (Å²) in [6.07, 6.45) is 3.97. The van der Waals surface area contributed by atoms with Gasteiger partial charge in [-0.3, -0.25) is 0 Å². The molecule has 0 amide bonds. The van der Waals surface area contributed by atoms with Crippen molar-refractivity contribution in [1.29, 1.82) is 0 Å². The van der Waals surface area contributed by atoms with Gasteiger partial charge in [-0.25, -0.2) is 0 Å². The summed E-state index contributed by atoms with van der Waals surface area (Å²) >= 11 is 0. The number of hydrogen-bond donors (Lipinski definition) is 1. The fraction of sp³-hybridized carbons (Fsp3) is 1.00. The molecule has 0 saturated carbocycles. The van der Waals surface area contributed by atoms with Gasteiger partial charge in [-0.05, 0) is 19.8 Å². The molecule has 1 fully saturated rings. The van der Waals surface area contributed by atoms with E-state index in [4.69, 9.17) is 9.47 Å². The SMILES string of the molecule is COC[C@]1(O)CCCCCO[C@H]1C. The summed E-state index contributed by atoms with van der Waals surface area (Å²) in [4.78, 5) is 0. The third-order valence-corrected chi connectivity index (χ3v) is 2.77. The molecule has 0 aromatic rings. The third kappa shape index (κ3) is 2.93. The van der Waals surface area contributed by atoms with Gasteiger partial charge in [0.2, 0.25) is 0 Å². The van der Waals surface area contributed by atoms with Crippen LogP contribution in [-0.4, -0.2) is 37.1 Å². The van der Waals surface area contributed by atoms with Crippen LogP contribution < -0.4 is 0 Å². The van der Waals surface area contributed by atoms with E-state index >= 15 is 0 Å². The second-order valence-electron chi connectivity index (χ2n) is 3.86. The second-order valence-corrected chi connectivity index (χ2v) is 3.86. The van der Waals surface area contributed by atoms with E-state index in [-0.39, 0.29) is 6.10 Å². The van der Waals surface area contributed by atoms with Gasteiger partial charge in [0.1, 0.15) is 5.60 Å². The average molecular weight is 188 g/mol. The molecule has 0 aliphatic carbocycles. The van der Waals surface area contributed by atoms with Gasteiger partial charge in [0.15, 0.2) is 0 Å². The van der Waals surface area contributed by atoms with E-state index in [2.05, 4.69) is 0 Å². The van der Waals surface area contributed by atoms with Gasteiger partial charge in [-0.15, -0.1) is 0 Å². The molecule has 1 N–H and O–H groups in total. The molecular formula is C10H20O3. The van der Waals surface area contributed by atoms with Crippen molar-refractivity contribution in [2.45, 2.75) is 44.3 Å². The molecule has 0 aromatic heterocycles. The fourth-order valence-corrected chi connectivity index (χ4v) is 1.77. The minimum Gasteiger partial charge on any atom is -0.385 e. The van der Waals surface area contributed by atoms with Crippen LogP contribution in [0.1, 0.15) is 32.6 Å². The molecule has 1 aliphatic heterocycles. The number of ether oxygens (including phenoxy) is 2. The minimum absolute atomic E-state index is 0.118. The Morgan fingerprint density at radius 3 is 2.92 bits per heavy atom. The van der Waals surface area contributed by atoms with Crippen molar-refractivity contribution in [2.75, 3.05) is 20.3 Å². The zero-order chi connectivity index (χ0) is 9.73. The molecule has 3 nitrogen and oxygen atoms in total. The van der Waals surface area contributed by atoms with Gasteiger partial charge in [-0.2, -0.15) is 0 Å². The smallest absolute Gasteiger partial charge is 0.114 e. The lowest BCUT2D eigenvalue weighted by Crippen LogP contribution is -2.47. The molecule has 0 bridgehead atoms. The first kappa shape index (κ1) is 11.0. The molecule has 2 atom stereocenters. The summed E-state index contributed by atoms with van der Waals surface area (Å²) in [5, 5.41) is 10.2. The minimum atomic E-state index is -0.783. The number of aliphatic hydroxyl groups is 1. The lowest BCUT2D eigenvalue weighted by Gasteiger charge is -2.35. The maximum absolute atomic E-state index is 10.2. The first-order valence-electron chi connectivity index (χ1n) is 5.02. The molecule has 1 aliphatic rings. The quantitative estimate of drug-likeness (QED) is 0.710. The van der Waals surface area contributed by atoms with E-state index in [0.717, 1.165) is 32.3 Å². The van der Waals surface area contributed by atoms with Gasteiger partial charge in [0.05, 0.1) is 12.7 Å². The van der Waals surface area contributed by atoms with Crippen molar-refractivity contribution in [2.24, 2.45) is 0 Å². The monoisotopic (exact) mass is 188 g/mol. The maximum Gasteiger partial charge on any atom is 0.114 e. The molecular weight excluding hydrogens is 168 g/mol. The Bertz CT molecular complexity index is 149. The molecule has 0 radical (unpaired) electrons. The van der Waals surface area contributed by atoms with Crippen LogP contribution in [0.4, 0.5) is 0 Å². The van der Waals surface area contributed by atoms with Crippen LogP contribution in [0.15, 0.2) is 0 Å². The Kier molecular flexibility index (Phi) is 4.16. The highest BCUT2D eigenvalue weighted by molar-refractivity contribution is 4.85. The lowest BCUT2D eigenvalue weighted by molar-refractivity contribution is -0.141. The Morgan fingerprint density at radius 2 is 2.23 bits per heavy atom. The lowest BCUT2D eigenvalue weighted by atomic mass is 9.90. The second kappa shape index (κ2) is 4.94. The Labute approximate surface area is 80.0 Å².